The van der Waals surface area contributed by atoms with E-state index in [2.05, 4.69) is 20.5 Å². The van der Waals surface area contributed by atoms with Crippen molar-refractivity contribution in [1.29, 1.82) is 0 Å². The minimum Gasteiger partial charge on any atom is -0.271 e. The van der Waals surface area contributed by atoms with Crippen LogP contribution in [-0.2, 0) is 10.0 Å². The number of benzene rings is 2. The predicted molar refractivity (Wildman–Crippen MR) is 145 cm³/mol. The van der Waals surface area contributed by atoms with E-state index in [1.807, 2.05) is 6.07 Å². The Labute approximate surface area is 227 Å². The SMILES string of the molecule is CN(NC(=O)c1c(S(N)(=O)=O)nn2c(-c3ccc(Cl)cc3)c(-c3ccccc3Cl)cnc12)c1ccccn1. The maximum Gasteiger partial charge on any atom is 0.276 e. The van der Waals surface area contributed by atoms with Gasteiger partial charge in [-0.1, -0.05) is 59.6 Å². The second-order valence-electron chi connectivity index (χ2n) is 8.16. The van der Waals surface area contributed by atoms with Gasteiger partial charge in [0.25, 0.3) is 15.9 Å². The molecular weight excluding hydrogens is 549 g/mol. The summed E-state index contributed by atoms with van der Waals surface area (Å²) in [6, 6.07) is 19.1. The van der Waals surface area contributed by atoms with Crippen molar-refractivity contribution in [1.82, 2.24) is 25.0 Å². The van der Waals surface area contributed by atoms with Gasteiger partial charge in [0.1, 0.15) is 11.4 Å². The molecule has 0 saturated heterocycles. The number of hydrogen-bond donors (Lipinski definition) is 2. The molecular formula is C25H19Cl2N7O3S. The molecule has 0 atom stereocenters. The summed E-state index contributed by atoms with van der Waals surface area (Å²) in [6.07, 6.45) is 3.06. The topological polar surface area (TPSA) is 136 Å². The molecule has 5 rings (SSSR count). The van der Waals surface area contributed by atoms with E-state index in [1.54, 1.807) is 73.9 Å². The number of amides is 1. The van der Waals surface area contributed by atoms with Crippen LogP contribution in [0.4, 0.5) is 5.82 Å². The van der Waals surface area contributed by atoms with E-state index in [9.17, 15) is 13.2 Å². The van der Waals surface area contributed by atoms with Gasteiger partial charge in [0.15, 0.2) is 5.65 Å². The first-order valence-corrected chi connectivity index (χ1v) is 13.4. The summed E-state index contributed by atoms with van der Waals surface area (Å²) >= 11 is 12.6. The van der Waals surface area contributed by atoms with Crippen LogP contribution in [0, 0.1) is 0 Å². The first-order chi connectivity index (χ1) is 18.1. The van der Waals surface area contributed by atoms with E-state index in [4.69, 9.17) is 28.3 Å². The Morgan fingerprint density at radius 2 is 1.68 bits per heavy atom. The summed E-state index contributed by atoms with van der Waals surface area (Å²) in [5.74, 6) is -0.373. The summed E-state index contributed by atoms with van der Waals surface area (Å²) in [6.45, 7) is 0. The van der Waals surface area contributed by atoms with Crippen LogP contribution in [0.5, 0.6) is 0 Å². The number of rotatable bonds is 6. The molecule has 3 aromatic heterocycles. The summed E-state index contributed by atoms with van der Waals surface area (Å²) in [4.78, 5) is 22.0. The molecule has 0 radical (unpaired) electrons. The van der Waals surface area contributed by atoms with Crippen molar-refractivity contribution < 1.29 is 13.2 Å². The molecule has 0 aliphatic carbocycles. The van der Waals surface area contributed by atoms with Gasteiger partial charge in [0.2, 0.25) is 5.03 Å². The number of hydrazine groups is 1. The maximum absolute atomic E-state index is 13.4. The third-order valence-electron chi connectivity index (χ3n) is 5.65. The molecule has 0 fully saturated rings. The number of hydrogen-bond acceptors (Lipinski definition) is 7. The second-order valence-corrected chi connectivity index (χ2v) is 10.5. The van der Waals surface area contributed by atoms with Crippen LogP contribution in [0.1, 0.15) is 10.4 Å². The van der Waals surface area contributed by atoms with Crippen molar-refractivity contribution in [3.05, 3.63) is 94.7 Å². The lowest BCUT2D eigenvalue weighted by atomic mass is 10.0. The van der Waals surface area contributed by atoms with Crippen molar-refractivity contribution in [2.45, 2.75) is 5.03 Å². The van der Waals surface area contributed by atoms with Crippen molar-refractivity contribution in [3.63, 3.8) is 0 Å². The molecule has 0 saturated carbocycles. The number of nitrogens with two attached hydrogens (primary N) is 1. The van der Waals surface area contributed by atoms with Crippen molar-refractivity contribution >= 4 is 50.6 Å². The van der Waals surface area contributed by atoms with Gasteiger partial charge in [-0.15, -0.1) is 0 Å². The first kappa shape index (κ1) is 25.6. The molecule has 0 aliphatic rings. The Morgan fingerprint density at radius 1 is 0.974 bits per heavy atom. The number of nitrogens with zero attached hydrogens (tertiary/aromatic N) is 5. The zero-order chi connectivity index (χ0) is 27.0. The number of anilines is 1. The second kappa shape index (κ2) is 10.0. The van der Waals surface area contributed by atoms with Crippen LogP contribution in [-0.4, -0.2) is 41.0 Å². The molecule has 0 bridgehead atoms. The van der Waals surface area contributed by atoms with Gasteiger partial charge in [-0.05, 0) is 30.3 Å². The highest BCUT2D eigenvalue weighted by molar-refractivity contribution is 7.89. The average Bonchev–Trinajstić information content (AvgIpc) is 3.30. The van der Waals surface area contributed by atoms with Crippen LogP contribution >= 0.6 is 23.2 Å². The van der Waals surface area contributed by atoms with Gasteiger partial charge >= 0.3 is 0 Å². The number of sulfonamides is 1. The van der Waals surface area contributed by atoms with Crippen LogP contribution in [0.3, 0.4) is 0 Å². The Bertz CT molecular complexity index is 1780. The minimum atomic E-state index is -4.45. The fraction of sp³-hybridized carbons (Fsp3) is 0.0400. The Balaban J connectivity index is 1.77. The molecule has 192 valence electrons. The summed E-state index contributed by atoms with van der Waals surface area (Å²) in [7, 11) is -2.89. The summed E-state index contributed by atoms with van der Waals surface area (Å²) < 4.78 is 26.5. The Kier molecular flexibility index (Phi) is 6.76. The number of nitrogens with one attached hydrogen (secondary N) is 1. The van der Waals surface area contributed by atoms with Crippen LogP contribution < -0.4 is 15.6 Å². The number of fused-ring (bicyclic) bond motifs is 1. The normalized spacial score (nSPS) is 11.5. The molecule has 38 heavy (non-hydrogen) atoms. The van der Waals surface area contributed by atoms with Gasteiger partial charge in [-0.3, -0.25) is 15.2 Å². The molecule has 0 unspecified atom stereocenters. The van der Waals surface area contributed by atoms with E-state index in [-0.39, 0.29) is 11.2 Å². The molecule has 3 N–H and O–H groups in total. The fourth-order valence-electron chi connectivity index (χ4n) is 3.94. The van der Waals surface area contributed by atoms with Crippen LogP contribution in [0.2, 0.25) is 10.0 Å². The van der Waals surface area contributed by atoms with Gasteiger partial charge in [0, 0.05) is 46.2 Å². The van der Waals surface area contributed by atoms with E-state index >= 15 is 0 Å². The zero-order valence-electron chi connectivity index (χ0n) is 19.7. The number of carbonyl (C=O) groups is 1. The molecule has 0 spiro atoms. The van der Waals surface area contributed by atoms with Gasteiger partial charge in [0.05, 0.1) is 5.69 Å². The minimum absolute atomic E-state index is 0.0262. The summed E-state index contributed by atoms with van der Waals surface area (Å²) in [5, 5.41) is 11.4. The number of aromatic nitrogens is 4. The smallest absolute Gasteiger partial charge is 0.271 e. The number of halogens is 2. The lowest BCUT2D eigenvalue weighted by Gasteiger charge is -2.18. The van der Waals surface area contributed by atoms with E-state index in [0.29, 0.717) is 38.2 Å². The highest BCUT2D eigenvalue weighted by Crippen LogP contribution is 2.37. The summed E-state index contributed by atoms with van der Waals surface area (Å²) in [5.41, 5.74) is 4.49. The largest absolute Gasteiger partial charge is 0.276 e. The zero-order valence-corrected chi connectivity index (χ0v) is 22.0. The lowest BCUT2D eigenvalue weighted by molar-refractivity contribution is 0.0949. The van der Waals surface area contributed by atoms with Crippen LogP contribution in [0.25, 0.3) is 28.0 Å². The molecule has 13 heteroatoms. The maximum atomic E-state index is 13.4. The molecule has 5 aromatic rings. The number of primary sulfonamides is 1. The highest BCUT2D eigenvalue weighted by Gasteiger charge is 2.31. The highest BCUT2D eigenvalue weighted by atomic mass is 35.5. The molecule has 0 aliphatic heterocycles. The monoisotopic (exact) mass is 567 g/mol. The van der Waals surface area contributed by atoms with Crippen molar-refractivity contribution in [2.75, 3.05) is 12.1 Å². The number of carbonyl (C=O) groups excluding carboxylic acids is 1. The van der Waals surface area contributed by atoms with Gasteiger partial charge in [-0.25, -0.2) is 28.0 Å². The Hall–Kier alpha value is -4.03. The average molecular weight is 568 g/mol. The molecule has 1 amide bonds. The van der Waals surface area contributed by atoms with Crippen molar-refractivity contribution in [2.24, 2.45) is 5.14 Å². The third kappa shape index (κ3) is 4.79. The Morgan fingerprint density at radius 3 is 2.34 bits per heavy atom. The van der Waals surface area contributed by atoms with E-state index < -0.39 is 21.0 Å². The third-order valence-corrected chi connectivity index (χ3v) is 7.06. The van der Waals surface area contributed by atoms with E-state index in [0.717, 1.165) is 0 Å². The van der Waals surface area contributed by atoms with Gasteiger partial charge < -0.3 is 0 Å². The molecule has 3 heterocycles. The van der Waals surface area contributed by atoms with Gasteiger partial charge in [-0.2, -0.15) is 5.10 Å². The van der Waals surface area contributed by atoms with Crippen LogP contribution in [0.15, 0.2) is 84.1 Å². The predicted octanol–water partition coefficient (Wildman–Crippen LogP) is 4.19. The van der Waals surface area contributed by atoms with Crippen molar-refractivity contribution in [3.8, 4) is 22.4 Å². The molecule has 2 aromatic carbocycles. The first-order valence-electron chi connectivity index (χ1n) is 11.1. The lowest BCUT2D eigenvalue weighted by Crippen LogP contribution is -2.40. The van der Waals surface area contributed by atoms with E-state index in [1.165, 1.54) is 15.7 Å². The quantitative estimate of drug-likeness (QED) is 0.293. The standard InChI is InChI=1S/C25H19Cl2N7O3S/c1-33(20-8-4-5-13-29-20)31-24(35)21-23-30-14-18(17-6-2-3-7-19(17)27)22(15-9-11-16(26)12-10-15)34(23)32-25(21)38(28,36)37/h2-14H,1H3,(H,31,35)(H2,28,36,37). The number of pyridine rings is 1. The fourth-order valence-corrected chi connectivity index (χ4v) is 4.97. The molecule has 10 nitrogen and oxygen atoms in total.